The lowest BCUT2D eigenvalue weighted by Crippen LogP contribution is -2.60. The molecule has 9 heteroatoms. The largest absolute Gasteiger partial charge is 0.465 e. The molecule has 1 aromatic rings. The summed E-state index contributed by atoms with van der Waals surface area (Å²) in [5.74, 6) is -0.143. The lowest BCUT2D eigenvalue weighted by molar-refractivity contribution is -0.136. The van der Waals surface area contributed by atoms with Gasteiger partial charge in [-0.25, -0.2) is 9.59 Å². The van der Waals surface area contributed by atoms with Crippen LogP contribution in [-0.4, -0.2) is 83.1 Å². The molecule has 0 spiro atoms. The van der Waals surface area contributed by atoms with Crippen molar-refractivity contribution in [2.75, 3.05) is 27.2 Å². The summed E-state index contributed by atoms with van der Waals surface area (Å²) in [6.07, 6.45) is 5.26. The standard InChI is InChI=1S/C25H37ClN4O4/c1-17-16-29(23(31)21(27-24(32)33)15-18-9-11-19(26)12-10-18)14-13-22(17)30(25(34)28(2)3)20-7-5-4-6-8-20/h9-12,17,20-22,27H,4-8,13-16H2,1-3H3,(H,32,33)/t17-,21-,22-/m1/s1. The van der Waals surface area contributed by atoms with Crippen molar-refractivity contribution in [1.29, 1.82) is 0 Å². The number of benzene rings is 1. The molecule has 1 aromatic carbocycles. The molecule has 0 bridgehead atoms. The predicted molar refractivity (Wildman–Crippen MR) is 132 cm³/mol. The molecule has 34 heavy (non-hydrogen) atoms. The SMILES string of the molecule is C[C@@H]1CN(C(=O)[C@@H](Cc2ccc(Cl)cc2)NC(=O)O)CC[C@H]1N(C(=O)N(C)C)C1CCCCC1. The number of urea groups is 1. The van der Waals surface area contributed by atoms with Crippen LogP contribution >= 0.6 is 11.6 Å². The van der Waals surface area contributed by atoms with E-state index in [0.29, 0.717) is 24.5 Å². The molecule has 3 rings (SSSR count). The number of hydrogen-bond acceptors (Lipinski definition) is 3. The number of amides is 4. The Balaban J connectivity index is 1.71. The second-order valence-corrected chi connectivity index (χ2v) is 10.3. The number of carbonyl (C=O) groups excluding carboxylic acids is 2. The Morgan fingerprint density at radius 2 is 1.76 bits per heavy atom. The van der Waals surface area contributed by atoms with Crippen molar-refractivity contribution < 1.29 is 19.5 Å². The van der Waals surface area contributed by atoms with E-state index in [1.807, 2.05) is 0 Å². The van der Waals surface area contributed by atoms with Gasteiger partial charge in [0.1, 0.15) is 6.04 Å². The van der Waals surface area contributed by atoms with E-state index in [9.17, 15) is 19.5 Å². The van der Waals surface area contributed by atoms with Crippen LogP contribution in [-0.2, 0) is 11.2 Å². The quantitative estimate of drug-likeness (QED) is 0.626. The van der Waals surface area contributed by atoms with Crippen LogP contribution in [0.3, 0.4) is 0 Å². The lowest BCUT2D eigenvalue weighted by Gasteiger charge is -2.47. The summed E-state index contributed by atoms with van der Waals surface area (Å²) < 4.78 is 0. The van der Waals surface area contributed by atoms with E-state index in [2.05, 4.69) is 17.1 Å². The van der Waals surface area contributed by atoms with Gasteiger partial charge in [0.2, 0.25) is 5.91 Å². The van der Waals surface area contributed by atoms with Crippen molar-refractivity contribution in [2.24, 2.45) is 5.92 Å². The predicted octanol–water partition coefficient (Wildman–Crippen LogP) is 4.07. The van der Waals surface area contributed by atoms with Gasteiger partial charge in [-0.05, 0) is 42.9 Å². The molecule has 0 unspecified atom stereocenters. The molecule has 1 heterocycles. The van der Waals surface area contributed by atoms with Gasteiger partial charge in [0.25, 0.3) is 0 Å². The second-order valence-electron chi connectivity index (χ2n) is 9.83. The molecule has 1 saturated heterocycles. The molecule has 2 N–H and O–H groups in total. The molecule has 3 atom stereocenters. The number of carboxylic acid groups (broad SMARTS) is 1. The summed E-state index contributed by atoms with van der Waals surface area (Å²) in [6, 6.07) is 6.53. The summed E-state index contributed by atoms with van der Waals surface area (Å²) in [6.45, 7) is 3.07. The molecule has 1 aliphatic carbocycles. The number of nitrogens with one attached hydrogen (secondary N) is 1. The van der Waals surface area contributed by atoms with Crippen LogP contribution in [0, 0.1) is 5.92 Å². The molecule has 8 nitrogen and oxygen atoms in total. The Hall–Kier alpha value is -2.48. The van der Waals surface area contributed by atoms with Crippen LogP contribution in [0.15, 0.2) is 24.3 Å². The van der Waals surface area contributed by atoms with Crippen molar-refractivity contribution in [3.8, 4) is 0 Å². The smallest absolute Gasteiger partial charge is 0.405 e. The first-order valence-electron chi connectivity index (χ1n) is 12.2. The first-order chi connectivity index (χ1) is 16.2. The van der Waals surface area contributed by atoms with Gasteiger partial charge >= 0.3 is 12.1 Å². The topological polar surface area (TPSA) is 93.2 Å². The Morgan fingerprint density at radius 3 is 2.32 bits per heavy atom. The van der Waals surface area contributed by atoms with Crippen LogP contribution in [0.1, 0.15) is 51.0 Å². The van der Waals surface area contributed by atoms with E-state index in [1.165, 1.54) is 6.42 Å². The van der Waals surface area contributed by atoms with Gasteiger partial charge in [0, 0.05) is 50.7 Å². The molecular formula is C25H37ClN4O4. The maximum atomic E-state index is 13.4. The zero-order valence-corrected chi connectivity index (χ0v) is 21.1. The molecule has 0 aromatic heterocycles. The van der Waals surface area contributed by atoms with Crippen molar-refractivity contribution >= 4 is 29.6 Å². The van der Waals surface area contributed by atoms with Crippen molar-refractivity contribution in [2.45, 2.75) is 70.0 Å². The number of piperidine rings is 1. The third kappa shape index (κ3) is 6.56. The summed E-state index contributed by atoms with van der Waals surface area (Å²) in [7, 11) is 3.58. The fraction of sp³-hybridized carbons (Fsp3) is 0.640. The summed E-state index contributed by atoms with van der Waals surface area (Å²) in [5.41, 5.74) is 0.833. The van der Waals surface area contributed by atoms with Crippen LogP contribution < -0.4 is 5.32 Å². The molecule has 4 amide bonds. The lowest BCUT2D eigenvalue weighted by atomic mass is 9.87. The number of carbonyl (C=O) groups is 3. The van der Waals surface area contributed by atoms with Crippen LogP contribution in [0.2, 0.25) is 5.02 Å². The summed E-state index contributed by atoms with van der Waals surface area (Å²) in [4.78, 5) is 43.4. The van der Waals surface area contributed by atoms with Gasteiger partial charge < -0.3 is 25.1 Å². The highest BCUT2D eigenvalue weighted by atomic mass is 35.5. The van der Waals surface area contributed by atoms with E-state index in [0.717, 1.165) is 31.2 Å². The second kappa shape index (κ2) is 11.8. The maximum absolute atomic E-state index is 13.4. The minimum absolute atomic E-state index is 0.0386. The van der Waals surface area contributed by atoms with Crippen LogP contribution in [0.5, 0.6) is 0 Å². The number of nitrogens with zero attached hydrogens (tertiary/aromatic N) is 3. The van der Waals surface area contributed by atoms with Gasteiger partial charge in [-0.1, -0.05) is 49.9 Å². The van der Waals surface area contributed by atoms with Gasteiger partial charge in [-0.15, -0.1) is 0 Å². The van der Waals surface area contributed by atoms with Crippen molar-refractivity contribution in [1.82, 2.24) is 20.0 Å². The maximum Gasteiger partial charge on any atom is 0.405 e. The Labute approximate surface area is 207 Å². The molecular weight excluding hydrogens is 456 g/mol. The molecule has 188 valence electrons. The van der Waals surface area contributed by atoms with Gasteiger partial charge in [0.05, 0.1) is 0 Å². The number of hydrogen-bond donors (Lipinski definition) is 2. The minimum Gasteiger partial charge on any atom is -0.465 e. The van der Waals surface area contributed by atoms with E-state index >= 15 is 0 Å². The number of rotatable bonds is 6. The molecule has 1 saturated carbocycles. The Kier molecular flexibility index (Phi) is 9.05. The van der Waals surface area contributed by atoms with E-state index in [1.54, 1.807) is 48.2 Å². The highest BCUT2D eigenvalue weighted by Crippen LogP contribution is 2.31. The van der Waals surface area contributed by atoms with E-state index in [-0.39, 0.29) is 36.4 Å². The highest BCUT2D eigenvalue weighted by Gasteiger charge is 2.40. The molecule has 1 aliphatic heterocycles. The Bertz CT molecular complexity index is 857. The minimum atomic E-state index is -1.23. The normalized spacial score (nSPS) is 22.1. The average Bonchev–Trinajstić information content (AvgIpc) is 2.81. The summed E-state index contributed by atoms with van der Waals surface area (Å²) in [5, 5.41) is 12.3. The van der Waals surface area contributed by atoms with Gasteiger partial charge in [-0.2, -0.15) is 0 Å². The monoisotopic (exact) mass is 492 g/mol. The van der Waals surface area contributed by atoms with Crippen LogP contribution in [0.25, 0.3) is 0 Å². The third-order valence-corrected chi connectivity index (χ3v) is 7.30. The fourth-order valence-electron chi connectivity index (χ4n) is 5.33. The zero-order chi connectivity index (χ0) is 24.8. The van der Waals surface area contributed by atoms with Crippen molar-refractivity contribution in [3.05, 3.63) is 34.9 Å². The van der Waals surface area contributed by atoms with Gasteiger partial charge in [0.15, 0.2) is 0 Å². The summed E-state index contributed by atoms with van der Waals surface area (Å²) >= 11 is 5.95. The van der Waals surface area contributed by atoms with E-state index < -0.39 is 12.1 Å². The molecule has 0 radical (unpaired) electrons. The first-order valence-corrected chi connectivity index (χ1v) is 12.6. The van der Waals surface area contributed by atoms with E-state index in [4.69, 9.17) is 11.6 Å². The average molecular weight is 493 g/mol. The Morgan fingerprint density at radius 1 is 1.12 bits per heavy atom. The number of likely N-dealkylation sites (tertiary alicyclic amines) is 1. The fourth-order valence-corrected chi connectivity index (χ4v) is 5.46. The number of halogens is 1. The van der Waals surface area contributed by atoms with Crippen molar-refractivity contribution in [3.63, 3.8) is 0 Å². The molecule has 2 aliphatic rings. The molecule has 2 fully saturated rings. The first kappa shape index (κ1) is 26.1. The zero-order valence-electron chi connectivity index (χ0n) is 20.4. The third-order valence-electron chi connectivity index (χ3n) is 7.05. The van der Waals surface area contributed by atoms with Gasteiger partial charge in [-0.3, -0.25) is 4.79 Å². The highest BCUT2D eigenvalue weighted by molar-refractivity contribution is 6.30. The van der Waals surface area contributed by atoms with Crippen LogP contribution in [0.4, 0.5) is 9.59 Å².